The third-order valence-electron chi connectivity index (χ3n) is 5.08. The van der Waals surface area contributed by atoms with E-state index < -0.39 is 0 Å². The van der Waals surface area contributed by atoms with Gasteiger partial charge in [-0.15, -0.1) is 24.0 Å². The van der Waals surface area contributed by atoms with E-state index >= 15 is 0 Å². The number of hydrogen-bond donors (Lipinski definition) is 2. The normalized spacial score (nSPS) is 22.7. The van der Waals surface area contributed by atoms with Crippen LogP contribution in [0.1, 0.15) is 38.2 Å². The average molecular weight is 508 g/mol. The van der Waals surface area contributed by atoms with Crippen LogP contribution in [0.15, 0.2) is 33.7 Å². The number of rotatable bonds is 4. The fourth-order valence-electron chi connectivity index (χ4n) is 3.55. The highest BCUT2D eigenvalue weighted by atomic mass is 127. The number of guanidine groups is 1. The van der Waals surface area contributed by atoms with E-state index in [0.29, 0.717) is 6.54 Å². The van der Waals surface area contributed by atoms with Crippen LogP contribution in [-0.2, 0) is 5.41 Å². The van der Waals surface area contributed by atoms with Crippen LogP contribution < -0.4 is 5.32 Å². The molecule has 1 aromatic carbocycles. The number of aliphatic imine (C=N–C) groups is 1. The van der Waals surface area contributed by atoms with Crippen molar-refractivity contribution in [2.75, 3.05) is 26.2 Å². The van der Waals surface area contributed by atoms with Crippen molar-refractivity contribution >= 4 is 45.9 Å². The van der Waals surface area contributed by atoms with Crippen molar-refractivity contribution in [3.63, 3.8) is 0 Å². The molecule has 2 fully saturated rings. The summed E-state index contributed by atoms with van der Waals surface area (Å²) in [6.45, 7) is 5.34. The van der Waals surface area contributed by atoms with Crippen molar-refractivity contribution in [3.05, 3.63) is 34.3 Å². The number of hydrogen-bond acceptors (Lipinski definition) is 2. The monoisotopic (exact) mass is 507 g/mol. The summed E-state index contributed by atoms with van der Waals surface area (Å²) in [4.78, 5) is 7.12. The molecular formula is C18H27BrIN3O. The van der Waals surface area contributed by atoms with Crippen molar-refractivity contribution in [2.24, 2.45) is 4.99 Å². The number of β-amino-alcohol motifs (C(OH)–C–C–N with tert-alkyl or cyclic N) is 1. The summed E-state index contributed by atoms with van der Waals surface area (Å²) in [6, 6.07) is 8.66. The van der Waals surface area contributed by atoms with Crippen molar-refractivity contribution in [3.8, 4) is 0 Å². The first-order valence-electron chi connectivity index (χ1n) is 8.60. The maximum Gasteiger partial charge on any atom is 0.194 e. The molecule has 0 aromatic heterocycles. The van der Waals surface area contributed by atoms with Gasteiger partial charge in [0.05, 0.1) is 12.6 Å². The number of nitrogens with one attached hydrogen (secondary N) is 1. The minimum absolute atomic E-state index is 0. The van der Waals surface area contributed by atoms with Crippen LogP contribution in [0.2, 0.25) is 0 Å². The molecule has 1 saturated carbocycles. The molecule has 1 heterocycles. The van der Waals surface area contributed by atoms with E-state index in [0.717, 1.165) is 36.5 Å². The Morgan fingerprint density at radius 1 is 1.46 bits per heavy atom. The molecule has 0 amide bonds. The highest BCUT2D eigenvalue weighted by molar-refractivity contribution is 14.0. The Kier molecular flexibility index (Phi) is 7.37. The Morgan fingerprint density at radius 3 is 2.79 bits per heavy atom. The van der Waals surface area contributed by atoms with Gasteiger partial charge in [0.15, 0.2) is 5.96 Å². The number of aliphatic hydroxyl groups excluding tert-OH is 1. The van der Waals surface area contributed by atoms with Crippen LogP contribution in [0.3, 0.4) is 0 Å². The van der Waals surface area contributed by atoms with E-state index in [-0.39, 0.29) is 35.5 Å². The van der Waals surface area contributed by atoms with Gasteiger partial charge in [-0.25, -0.2) is 0 Å². The molecule has 24 heavy (non-hydrogen) atoms. The van der Waals surface area contributed by atoms with E-state index in [1.807, 2.05) is 0 Å². The zero-order chi connectivity index (χ0) is 16.3. The van der Waals surface area contributed by atoms with E-state index in [2.05, 4.69) is 57.3 Å². The fraction of sp³-hybridized carbons (Fsp3) is 0.611. The summed E-state index contributed by atoms with van der Waals surface area (Å²) >= 11 is 3.59. The maximum absolute atomic E-state index is 9.78. The van der Waals surface area contributed by atoms with Crippen molar-refractivity contribution < 1.29 is 5.11 Å². The molecule has 4 nitrogen and oxygen atoms in total. The van der Waals surface area contributed by atoms with Gasteiger partial charge in [0.2, 0.25) is 0 Å². The van der Waals surface area contributed by atoms with Gasteiger partial charge >= 0.3 is 0 Å². The van der Waals surface area contributed by atoms with E-state index in [1.165, 1.54) is 24.8 Å². The molecule has 0 bridgehead atoms. The van der Waals surface area contributed by atoms with Gasteiger partial charge in [0.25, 0.3) is 0 Å². The van der Waals surface area contributed by atoms with Crippen molar-refractivity contribution in [1.82, 2.24) is 10.2 Å². The number of benzene rings is 1. The highest BCUT2D eigenvalue weighted by Gasteiger charge is 2.39. The van der Waals surface area contributed by atoms with Crippen LogP contribution in [0.5, 0.6) is 0 Å². The molecule has 1 aromatic rings. The summed E-state index contributed by atoms with van der Waals surface area (Å²) in [6.07, 6.45) is 4.30. The number of aliphatic hydroxyl groups is 1. The zero-order valence-electron chi connectivity index (χ0n) is 14.2. The zero-order valence-corrected chi connectivity index (χ0v) is 18.1. The van der Waals surface area contributed by atoms with Crippen LogP contribution in [0, 0.1) is 0 Å². The lowest BCUT2D eigenvalue weighted by molar-refractivity contribution is 0.187. The van der Waals surface area contributed by atoms with Crippen molar-refractivity contribution in [2.45, 2.75) is 44.1 Å². The number of nitrogens with zero attached hydrogens (tertiary/aromatic N) is 2. The van der Waals surface area contributed by atoms with Gasteiger partial charge in [-0.1, -0.05) is 34.5 Å². The Balaban J connectivity index is 0.00000208. The first-order chi connectivity index (χ1) is 11.1. The molecule has 0 radical (unpaired) electrons. The fourth-order valence-corrected chi connectivity index (χ4v) is 3.95. The molecule has 1 aliphatic carbocycles. The Bertz CT molecular complexity index is 577. The minimum atomic E-state index is -0.221. The maximum atomic E-state index is 9.78. The van der Waals surface area contributed by atoms with Gasteiger partial charge in [-0.2, -0.15) is 0 Å². The minimum Gasteiger partial charge on any atom is -0.391 e. The quantitative estimate of drug-likeness (QED) is 0.372. The predicted octanol–water partition coefficient (Wildman–Crippen LogP) is 3.52. The molecule has 2 N–H and O–H groups in total. The van der Waals surface area contributed by atoms with Gasteiger partial charge in [-0.3, -0.25) is 4.99 Å². The summed E-state index contributed by atoms with van der Waals surface area (Å²) in [5, 5.41) is 13.2. The molecule has 134 valence electrons. The van der Waals surface area contributed by atoms with E-state index in [4.69, 9.17) is 4.99 Å². The van der Waals surface area contributed by atoms with Gasteiger partial charge in [-0.05, 0) is 43.9 Å². The van der Waals surface area contributed by atoms with Gasteiger partial charge < -0.3 is 15.3 Å². The SMILES string of the molecule is CCNC(=NCC1(c2cccc(Br)c2)CCC1)N1CC[C@@H](O)C1.I. The molecule has 1 atom stereocenters. The van der Waals surface area contributed by atoms with Gasteiger partial charge in [0, 0.05) is 29.5 Å². The topological polar surface area (TPSA) is 47.9 Å². The van der Waals surface area contributed by atoms with Crippen LogP contribution in [0.4, 0.5) is 0 Å². The molecule has 2 aliphatic rings. The van der Waals surface area contributed by atoms with E-state index in [1.54, 1.807) is 0 Å². The third-order valence-corrected chi connectivity index (χ3v) is 5.57. The molecular weight excluding hydrogens is 481 g/mol. The lowest BCUT2D eigenvalue weighted by Crippen LogP contribution is -2.43. The third kappa shape index (κ3) is 4.43. The second-order valence-electron chi connectivity index (χ2n) is 6.70. The Hall–Kier alpha value is -0.340. The second kappa shape index (κ2) is 8.85. The smallest absolute Gasteiger partial charge is 0.194 e. The van der Waals surface area contributed by atoms with E-state index in [9.17, 15) is 5.11 Å². The van der Waals surface area contributed by atoms with Crippen LogP contribution >= 0.6 is 39.9 Å². The highest BCUT2D eigenvalue weighted by Crippen LogP contribution is 2.44. The summed E-state index contributed by atoms with van der Waals surface area (Å²) < 4.78 is 1.14. The molecule has 1 saturated heterocycles. The van der Waals surface area contributed by atoms with Gasteiger partial charge in [0.1, 0.15) is 0 Å². The summed E-state index contributed by atoms with van der Waals surface area (Å²) in [5.74, 6) is 0.949. The molecule has 1 aliphatic heterocycles. The van der Waals surface area contributed by atoms with Crippen LogP contribution in [0.25, 0.3) is 0 Å². The molecule has 3 rings (SSSR count). The first kappa shape index (κ1) is 20.0. The Morgan fingerprint density at radius 2 is 2.25 bits per heavy atom. The largest absolute Gasteiger partial charge is 0.391 e. The van der Waals surface area contributed by atoms with Crippen LogP contribution in [-0.4, -0.2) is 48.2 Å². The molecule has 0 unspecified atom stereocenters. The predicted molar refractivity (Wildman–Crippen MR) is 113 cm³/mol. The second-order valence-corrected chi connectivity index (χ2v) is 7.62. The van der Waals surface area contributed by atoms with Crippen molar-refractivity contribution in [1.29, 1.82) is 0 Å². The Labute approximate surface area is 170 Å². The standard InChI is InChI=1S/C18H26BrN3O.HI/c1-2-20-17(22-10-7-16(23)12-22)21-13-18(8-4-9-18)14-5-3-6-15(19)11-14;/h3,5-6,11,16,23H,2,4,7-10,12-13H2,1H3,(H,20,21);1H/t16-;/m1./s1. The summed E-state index contributed by atoms with van der Waals surface area (Å²) in [7, 11) is 0. The lowest BCUT2D eigenvalue weighted by atomic mass is 9.64. The molecule has 6 heteroatoms. The summed E-state index contributed by atoms with van der Waals surface area (Å²) in [5.41, 5.74) is 1.57. The average Bonchev–Trinajstić information content (AvgIpc) is 2.91. The molecule has 0 spiro atoms. The first-order valence-corrected chi connectivity index (χ1v) is 9.40. The number of likely N-dealkylation sites (tertiary alicyclic amines) is 1. The number of halogens is 2. The lowest BCUT2D eigenvalue weighted by Gasteiger charge is -2.41.